The summed E-state index contributed by atoms with van der Waals surface area (Å²) < 4.78 is 1.62. The van der Waals surface area contributed by atoms with E-state index in [2.05, 4.69) is 21.5 Å². The minimum atomic E-state index is -0.0324. The second-order valence-electron chi connectivity index (χ2n) is 3.04. The number of carbonyl (C=O) groups excluding carboxylic acids is 1. The van der Waals surface area contributed by atoms with Gasteiger partial charge in [0.15, 0.2) is 0 Å². The fourth-order valence-electron chi connectivity index (χ4n) is 0.548. The number of amides is 2. The van der Waals surface area contributed by atoms with Crippen molar-refractivity contribution in [3.63, 3.8) is 0 Å². The second-order valence-corrected chi connectivity index (χ2v) is 3.95. The Morgan fingerprint density at radius 1 is 1.36 bits per heavy atom. The summed E-state index contributed by atoms with van der Waals surface area (Å²) in [5.41, 5.74) is 0. The molecule has 66 valence electrons. The van der Waals surface area contributed by atoms with Gasteiger partial charge in [0.25, 0.3) is 0 Å². The molecule has 0 saturated carbocycles. The number of nitrogens with zero attached hydrogens (tertiary/aromatic N) is 1. The van der Waals surface area contributed by atoms with Crippen molar-refractivity contribution in [1.29, 1.82) is 0 Å². The molecular formula is C7H16N2OSe. The fourth-order valence-corrected chi connectivity index (χ4v) is 0.669. The summed E-state index contributed by atoms with van der Waals surface area (Å²) in [6, 6.07) is 0.400. The van der Waals surface area contributed by atoms with Gasteiger partial charge in [0.1, 0.15) is 0 Å². The Balaban J connectivity index is 3.83. The monoisotopic (exact) mass is 224 g/mol. The predicted molar refractivity (Wildman–Crippen MR) is 47.8 cm³/mol. The van der Waals surface area contributed by atoms with E-state index in [0.29, 0.717) is 0 Å². The Morgan fingerprint density at radius 3 is 2.09 bits per heavy atom. The second kappa shape index (κ2) is 4.62. The van der Waals surface area contributed by atoms with Crippen LogP contribution in [0.1, 0.15) is 27.7 Å². The van der Waals surface area contributed by atoms with Crippen LogP contribution in [-0.2, 0) is 0 Å². The van der Waals surface area contributed by atoms with Crippen molar-refractivity contribution < 1.29 is 4.79 Å². The van der Waals surface area contributed by atoms with Crippen LogP contribution in [0.15, 0.2) is 0 Å². The topological polar surface area (TPSA) is 32.3 Å². The molecule has 3 nitrogen and oxygen atoms in total. The van der Waals surface area contributed by atoms with Crippen LogP contribution in [-0.4, -0.2) is 38.3 Å². The molecule has 0 aliphatic carbocycles. The average molecular weight is 223 g/mol. The van der Waals surface area contributed by atoms with Gasteiger partial charge in [-0.25, -0.2) is 0 Å². The zero-order valence-corrected chi connectivity index (χ0v) is 9.33. The Morgan fingerprint density at radius 2 is 1.82 bits per heavy atom. The van der Waals surface area contributed by atoms with Crippen molar-refractivity contribution in [2.75, 3.05) is 0 Å². The number of carbonyl (C=O) groups is 1. The van der Waals surface area contributed by atoms with E-state index >= 15 is 0 Å². The molecule has 0 aromatic carbocycles. The summed E-state index contributed by atoms with van der Waals surface area (Å²) in [4.78, 5) is 11.2. The third-order valence-electron chi connectivity index (χ3n) is 1.11. The SMILES string of the molecule is CC(C)NC(=O)N([SeH])C(C)C. The van der Waals surface area contributed by atoms with E-state index < -0.39 is 0 Å². The Labute approximate surface area is 76.5 Å². The molecule has 0 atom stereocenters. The van der Waals surface area contributed by atoms with Gasteiger partial charge >= 0.3 is 76.1 Å². The number of urea groups is 1. The summed E-state index contributed by atoms with van der Waals surface area (Å²) in [6.07, 6.45) is 0. The number of hydrogen-bond acceptors (Lipinski definition) is 1. The van der Waals surface area contributed by atoms with Crippen LogP contribution < -0.4 is 5.32 Å². The molecule has 0 bridgehead atoms. The van der Waals surface area contributed by atoms with E-state index in [4.69, 9.17) is 0 Å². The molecule has 2 amide bonds. The van der Waals surface area contributed by atoms with E-state index in [9.17, 15) is 4.79 Å². The molecule has 0 aromatic heterocycles. The summed E-state index contributed by atoms with van der Waals surface area (Å²) in [5, 5.41) is 2.80. The Bertz CT molecular complexity index is 136. The summed E-state index contributed by atoms with van der Waals surface area (Å²) in [6.45, 7) is 7.83. The van der Waals surface area contributed by atoms with Gasteiger partial charge < -0.3 is 0 Å². The molecule has 0 heterocycles. The third-order valence-corrected chi connectivity index (χ3v) is 2.46. The van der Waals surface area contributed by atoms with E-state index in [1.807, 2.05) is 27.7 Å². The van der Waals surface area contributed by atoms with Crippen molar-refractivity contribution in [2.24, 2.45) is 0 Å². The molecule has 0 rings (SSSR count). The van der Waals surface area contributed by atoms with Crippen molar-refractivity contribution >= 4 is 22.3 Å². The van der Waals surface area contributed by atoms with Crippen molar-refractivity contribution in [1.82, 2.24) is 9.23 Å². The van der Waals surface area contributed by atoms with Gasteiger partial charge in [-0.05, 0) is 0 Å². The van der Waals surface area contributed by atoms with Crippen LogP contribution in [0.3, 0.4) is 0 Å². The van der Waals surface area contributed by atoms with Crippen molar-refractivity contribution in [3.05, 3.63) is 0 Å². The maximum atomic E-state index is 11.2. The van der Waals surface area contributed by atoms with E-state index in [-0.39, 0.29) is 18.1 Å². The van der Waals surface area contributed by atoms with Gasteiger partial charge in [-0.15, -0.1) is 0 Å². The van der Waals surface area contributed by atoms with Crippen LogP contribution in [0.2, 0.25) is 0 Å². The van der Waals surface area contributed by atoms with Gasteiger partial charge in [-0.1, -0.05) is 0 Å². The number of hydrogen-bond donors (Lipinski definition) is 1. The van der Waals surface area contributed by atoms with Crippen LogP contribution in [0.5, 0.6) is 0 Å². The molecule has 0 unspecified atom stereocenters. The minimum absolute atomic E-state index is 0.0324. The summed E-state index contributed by atoms with van der Waals surface area (Å²) in [5.74, 6) is 0. The maximum absolute atomic E-state index is 11.2. The van der Waals surface area contributed by atoms with Crippen molar-refractivity contribution in [3.8, 4) is 0 Å². The van der Waals surface area contributed by atoms with E-state index in [1.165, 1.54) is 0 Å². The third kappa shape index (κ3) is 4.27. The van der Waals surface area contributed by atoms with Crippen molar-refractivity contribution in [2.45, 2.75) is 39.8 Å². The molecule has 11 heavy (non-hydrogen) atoms. The van der Waals surface area contributed by atoms with Gasteiger partial charge in [0, 0.05) is 0 Å². The molecular weight excluding hydrogens is 207 g/mol. The molecule has 0 fully saturated rings. The molecule has 4 heteroatoms. The first-order valence-electron chi connectivity index (χ1n) is 3.73. The standard InChI is InChI=1S/C7H16N2OSe/c1-5(2)8-7(10)9(11)6(3)4/h5-6,11H,1-4H3,(H,8,10). The zero-order chi connectivity index (χ0) is 9.02. The fraction of sp³-hybridized carbons (Fsp3) is 0.857. The normalized spacial score (nSPS) is 10.5. The predicted octanol–water partition coefficient (Wildman–Crippen LogP) is 0.631. The molecule has 0 aliphatic rings. The Kier molecular flexibility index (Phi) is 4.54. The summed E-state index contributed by atoms with van der Waals surface area (Å²) in [7, 11) is 0. The van der Waals surface area contributed by atoms with Crippen LogP contribution >= 0.6 is 0 Å². The zero-order valence-electron chi connectivity index (χ0n) is 7.46. The first kappa shape index (κ1) is 10.8. The molecule has 0 spiro atoms. The van der Waals surface area contributed by atoms with Crippen LogP contribution in [0.25, 0.3) is 0 Å². The van der Waals surface area contributed by atoms with Gasteiger partial charge in [0.05, 0.1) is 0 Å². The molecule has 0 radical (unpaired) electrons. The number of nitrogens with one attached hydrogen (secondary N) is 1. The molecule has 0 aromatic rings. The average Bonchev–Trinajstić information content (AvgIpc) is 1.84. The molecule has 0 saturated heterocycles. The first-order chi connectivity index (χ1) is 4.95. The quantitative estimate of drug-likeness (QED) is 0.684. The van der Waals surface area contributed by atoms with Gasteiger partial charge in [-0.3, -0.25) is 0 Å². The van der Waals surface area contributed by atoms with Crippen LogP contribution in [0, 0.1) is 0 Å². The van der Waals surface area contributed by atoms with E-state index in [0.717, 1.165) is 0 Å². The number of rotatable bonds is 2. The molecule has 1 N–H and O–H groups in total. The summed E-state index contributed by atoms with van der Waals surface area (Å²) >= 11 is 2.25. The van der Waals surface area contributed by atoms with Crippen LogP contribution in [0.4, 0.5) is 4.79 Å². The van der Waals surface area contributed by atoms with Gasteiger partial charge in [-0.2, -0.15) is 0 Å². The van der Waals surface area contributed by atoms with Gasteiger partial charge in [0.2, 0.25) is 0 Å². The van der Waals surface area contributed by atoms with E-state index in [1.54, 1.807) is 3.92 Å². The molecule has 0 aliphatic heterocycles. The Hall–Kier alpha value is -0.211. The first-order valence-corrected chi connectivity index (χ1v) is 4.57.